The third-order valence-corrected chi connectivity index (χ3v) is 7.37. The van der Waals surface area contributed by atoms with E-state index < -0.39 is 5.51 Å². The largest absolute Gasteiger partial charge is 0.446 e. The van der Waals surface area contributed by atoms with Gasteiger partial charge in [-0.15, -0.1) is 0 Å². The van der Waals surface area contributed by atoms with Gasteiger partial charge in [0.05, 0.1) is 6.67 Å². The summed E-state index contributed by atoms with van der Waals surface area (Å²) in [6.45, 7) is 5.83. The molecule has 3 heterocycles. The number of amides is 1. The molecule has 0 N–H and O–H groups in total. The van der Waals surface area contributed by atoms with Crippen LogP contribution in [0.4, 0.5) is 24.5 Å². The van der Waals surface area contributed by atoms with Crippen LogP contribution >= 0.6 is 11.8 Å². The predicted octanol–water partition coefficient (Wildman–Crippen LogP) is 4.94. The molecule has 5 rings (SSSR count). The van der Waals surface area contributed by atoms with E-state index in [0.717, 1.165) is 37.4 Å². The second-order valence-corrected chi connectivity index (χ2v) is 10.3. The molecular formula is C27H28F3N5OS. The van der Waals surface area contributed by atoms with Crippen LogP contribution < -0.4 is 9.80 Å². The number of rotatable bonds is 6. The van der Waals surface area contributed by atoms with Crippen molar-refractivity contribution in [2.24, 2.45) is 0 Å². The van der Waals surface area contributed by atoms with Gasteiger partial charge in [0, 0.05) is 68.3 Å². The Hall–Kier alpha value is -3.24. The Morgan fingerprint density at radius 3 is 2.22 bits per heavy atom. The third kappa shape index (κ3) is 6.56. The zero-order valence-corrected chi connectivity index (χ0v) is 21.1. The monoisotopic (exact) mass is 527 g/mol. The van der Waals surface area contributed by atoms with Gasteiger partial charge in [0.1, 0.15) is 5.69 Å². The van der Waals surface area contributed by atoms with Gasteiger partial charge in [0.25, 0.3) is 5.91 Å². The fourth-order valence-electron chi connectivity index (χ4n) is 4.76. The summed E-state index contributed by atoms with van der Waals surface area (Å²) in [5.74, 6) is -0.0468. The van der Waals surface area contributed by atoms with Crippen LogP contribution in [0, 0.1) is 0 Å². The van der Waals surface area contributed by atoms with Crippen molar-refractivity contribution in [2.45, 2.75) is 16.9 Å². The number of halogens is 3. The fourth-order valence-corrected chi connectivity index (χ4v) is 5.30. The van der Waals surface area contributed by atoms with Crippen molar-refractivity contribution in [3.63, 3.8) is 0 Å². The second-order valence-electron chi connectivity index (χ2n) is 9.16. The molecule has 2 aromatic carbocycles. The highest BCUT2D eigenvalue weighted by molar-refractivity contribution is 8.00. The van der Waals surface area contributed by atoms with Gasteiger partial charge in [-0.25, -0.2) is 0 Å². The molecule has 0 atom stereocenters. The normalized spacial score (nSPS) is 16.9. The minimum absolute atomic E-state index is 0.0468. The molecule has 0 radical (unpaired) electrons. The van der Waals surface area contributed by atoms with Crippen LogP contribution in [0.25, 0.3) is 0 Å². The Kier molecular flexibility index (Phi) is 7.57. The average Bonchev–Trinajstić information content (AvgIpc) is 3.37. The van der Waals surface area contributed by atoms with Crippen LogP contribution in [0.2, 0.25) is 0 Å². The van der Waals surface area contributed by atoms with Crippen molar-refractivity contribution in [1.29, 1.82) is 0 Å². The molecule has 2 aliphatic rings. The van der Waals surface area contributed by atoms with E-state index in [4.69, 9.17) is 0 Å². The van der Waals surface area contributed by atoms with E-state index in [9.17, 15) is 18.0 Å². The van der Waals surface area contributed by atoms with Crippen molar-refractivity contribution in [1.82, 2.24) is 14.8 Å². The molecule has 37 heavy (non-hydrogen) atoms. The molecule has 194 valence electrons. The number of carbonyl (C=O) groups is 1. The van der Waals surface area contributed by atoms with E-state index >= 15 is 0 Å². The van der Waals surface area contributed by atoms with Gasteiger partial charge in [-0.2, -0.15) is 13.2 Å². The number of hydrogen-bond donors (Lipinski definition) is 0. The van der Waals surface area contributed by atoms with Gasteiger partial charge in [0.15, 0.2) is 0 Å². The standard InChI is InChI=1S/C27H28F3N5OS/c28-27(29,30)37-24-8-6-23(7-9-24)35-13-12-32(20-35)19-21-10-11-31-25(18-21)26(36)34-16-14-33(15-17-34)22-4-2-1-3-5-22/h1-11,18H,12-17,19-20H2. The Morgan fingerprint density at radius 1 is 0.838 bits per heavy atom. The number of alkyl halides is 3. The molecule has 2 saturated heterocycles. The number of thioether (sulfide) groups is 1. The topological polar surface area (TPSA) is 42.9 Å². The van der Waals surface area contributed by atoms with Crippen molar-refractivity contribution < 1.29 is 18.0 Å². The van der Waals surface area contributed by atoms with Gasteiger partial charge in [0.2, 0.25) is 0 Å². The summed E-state index contributed by atoms with van der Waals surface area (Å²) in [7, 11) is 0. The number of hydrogen-bond acceptors (Lipinski definition) is 6. The molecule has 2 fully saturated rings. The van der Waals surface area contributed by atoms with Gasteiger partial charge < -0.3 is 14.7 Å². The third-order valence-electron chi connectivity index (χ3n) is 6.63. The van der Waals surface area contributed by atoms with E-state index in [0.29, 0.717) is 32.0 Å². The molecule has 3 aromatic rings. The summed E-state index contributed by atoms with van der Waals surface area (Å²) in [6.07, 6.45) is 1.69. The maximum Gasteiger partial charge on any atom is 0.446 e. The summed E-state index contributed by atoms with van der Waals surface area (Å²) in [4.78, 5) is 26.2. The molecule has 10 heteroatoms. The second kappa shape index (κ2) is 11.0. The van der Waals surface area contributed by atoms with Crippen LogP contribution in [0.1, 0.15) is 16.1 Å². The van der Waals surface area contributed by atoms with Crippen molar-refractivity contribution >= 4 is 29.0 Å². The van der Waals surface area contributed by atoms with Crippen LogP contribution in [0.5, 0.6) is 0 Å². The summed E-state index contributed by atoms with van der Waals surface area (Å²) in [5, 5.41) is 0. The average molecular weight is 528 g/mol. The number of benzene rings is 2. The first-order valence-electron chi connectivity index (χ1n) is 12.2. The Bertz CT molecular complexity index is 1200. The maximum atomic E-state index is 13.1. The number of nitrogens with zero attached hydrogens (tertiary/aromatic N) is 5. The van der Waals surface area contributed by atoms with Crippen molar-refractivity contribution in [3.05, 3.63) is 84.2 Å². The van der Waals surface area contributed by atoms with E-state index in [1.807, 2.05) is 35.2 Å². The molecule has 6 nitrogen and oxygen atoms in total. The zero-order valence-electron chi connectivity index (χ0n) is 20.3. The van der Waals surface area contributed by atoms with E-state index in [-0.39, 0.29) is 22.6 Å². The molecule has 0 unspecified atom stereocenters. The van der Waals surface area contributed by atoms with E-state index in [1.165, 1.54) is 17.8 Å². The quantitative estimate of drug-likeness (QED) is 0.424. The highest BCUT2D eigenvalue weighted by Crippen LogP contribution is 2.37. The molecule has 0 saturated carbocycles. The highest BCUT2D eigenvalue weighted by atomic mass is 32.2. The van der Waals surface area contributed by atoms with Crippen molar-refractivity contribution in [3.8, 4) is 0 Å². The summed E-state index contributed by atoms with van der Waals surface area (Å²) in [6, 6.07) is 20.5. The Balaban J connectivity index is 1.15. The van der Waals surface area contributed by atoms with Gasteiger partial charge in [-0.1, -0.05) is 18.2 Å². The molecule has 2 aliphatic heterocycles. The van der Waals surface area contributed by atoms with Gasteiger partial charge >= 0.3 is 5.51 Å². The molecule has 1 amide bonds. The van der Waals surface area contributed by atoms with Crippen LogP contribution in [-0.2, 0) is 6.54 Å². The molecule has 0 aliphatic carbocycles. The van der Waals surface area contributed by atoms with Crippen molar-refractivity contribution in [2.75, 3.05) is 55.7 Å². The lowest BCUT2D eigenvalue weighted by Gasteiger charge is -2.36. The highest BCUT2D eigenvalue weighted by Gasteiger charge is 2.29. The number of carbonyl (C=O) groups excluding carboxylic acids is 1. The lowest BCUT2D eigenvalue weighted by molar-refractivity contribution is -0.0328. The predicted molar refractivity (Wildman–Crippen MR) is 140 cm³/mol. The zero-order chi connectivity index (χ0) is 25.8. The number of anilines is 2. The van der Waals surface area contributed by atoms with E-state index in [1.54, 1.807) is 18.3 Å². The lowest BCUT2D eigenvalue weighted by Crippen LogP contribution is -2.49. The number of para-hydroxylation sites is 1. The van der Waals surface area contributed by atoms with Crippen LogP contribution in [-0.4, -0.2) is 72.1 Å². The molecular weight excluding hydrogens is 499 g/mol. The molecule has 1 aromatic heterocycles. The minimum atomic E-state index is -4.28. The smallest absolute Gasteiger partial charge is 0.368 e. The number of pyridine rings is 1. The first kappa shape index (κ1) is 25.4. The fraction of sp³-hybridized carbons (Fsp3) is 0.333. The van der Waals surface area contributed by atoms with Gasteiger partial charge in [-0.3, -0.25) is 14.7 Å². The lowest BCUT2D eigenvalue weighted by atomic mass is 10.2. The Labute approximate surface area is 218 Å². The maximum absolute atomic E-state index is 13.1. The molecule has 0 bridgehead atoms. The number of aromatic nitrogens is 1. The van der Waals surface area contributed by atoms with Gasteiger partial charge in [-0.05, 0) is 65.9 Å². The SMILES string of the molecule is O=C(c1cc(CN2CCN(c3ccc(SC(F)(F)F)cc3)C2)ccn1)N1CCN(c2ccccc2)CC1. The summed E-state index contributed by atoms with van der Waals surface area (Å²) in [5.41, 5.74) is -0.743. The van der Waals surface area contributed by atoms with E-state index in [2.05, 4.69) is 31.8 Å². The first-order chi connectivity index (χ1) is 17.8. The van der Waals surface area contributed by atoms with Crippen LogP contribution in [0.15, 0.2) is 77.8 Å². The summed E-state index contributed by atoms with van der Waals surface area (Å²) >= 11 is -0.101. The summed E-state index contributed by atoms with van der Waals surface area (Å²) < 4.78 is 37.7. The Morgan fingerprint density at radius 2 is 1.51 bits per heavy atom. The molecule has 0 spiro atoms. The minimum Gasteiger partial charge on any atom is -0.368 e. The number of piperazine rings is 1. The van der Waals surface area contributed by atoms with Crippen LogP contribution in [0.3, 0.4) is 0 Å². The first-order valence-corrected chi connectivity index (χ1v) is 13.0.